The average molecular weight is 252 g/mol. The Hall–Kier alpha value is -1.98. The van der Waals surface area contributed by atoms with E-state index in [1.165, 1.54) is 6.07 Å². The largest absolute Gasteiger partial charge is 0.475 e. The molecule has 2 heterocycles. The third kappa shape index (κ3) is 2.32. The fourth-order valence-corrected chi connectivity index (χ4v) is 2.24. The first-order chi connectivity index (χ1) is 8.49. The van der Waals surface area contributed by atoms with Crippen molar-refractivity contribution in [3.8, 4) is 0 Å². The van der Waals surface area contributed by atoms with E-state index in [0.717, 1.165) is 12.8 Å². The van der Waals surface area contributed by atoms with Crippen molar-refractivity contribution in [3.63, 3.8) is 0 Å². The lowest BCUT2D eigenvalue weighted by Crippen LogP contribution is -2.45. The van der Waals surface area contributed by atoms with Crippen LogP contribution in [0.2, 0.25) is 0 Å². The van der Waals surface area contributed by atoms with Crippen LogP contribution in [0.1, 0.15) is 30.3 Å². The number of rotatable bonds is 3. The molecule has 2 unspecified atom stereocenters. The van der Waals surface area contributed by atoms with E-state index in [9.17, 15) is 9.59 Å². The number of furan rings is 1. The molecule has 0 saturated carbocycles. The smallest absolute Gasteiger partial charge is 0.371 e. The Balaban J connectivity index is 2.18. The summed E-state index contributed by atoms with van der Waals surface area (Å²) in [6.07, 6.45) is 1.59. The average Bonchev–Trinajstić information content (AvgIpc) is 2.78. The van der Waals surface area contributed by atoms with Crippen molar-refractivity contribution in [1.82, 2.24) is 0 Å². The van der Waals surface area contributed by atoms with Crippen LogP contribution in [0.5, 0.6) is 0 Å². The van der Waals surface area contributed by atoms with Crippen LogP contribution in [0.15, 0.2) is 16.5 Å². The van der Waals surface area contributed by atoms with Gasteiger partial charge in [-0.1, -0.05) is 0 Å². The number of anilines is 1. The van der Waals surface area contributed by atoms with Gasteiger partial charge in [0.2, 0.25) is 11.7 Å². The van der Waals surface area contributed by atoms with Crippen LogP contribution >= 0.6 is 0 Å². The molecule has 18 heavy (non-hydrogen) atoms. The van der Waals surface area contributed by atoms with Gasteiger partial charge in [0.1, 0.15) is 0 Å². The predicted molar refractivity (Wildman–Crippen MR) is 64.4 cm³/mol. The van der Waals surface area contributed by atoms with Gasteiger partial charge in [0.25, 0.3) is 0 Å². The first-order valence-corrected chi connectivity index (χ1v) is 5.88. The Morgan fingerprint density at radius 2 is 2.17 bits per heavy atom. The highest BCUT2D eigenvalue weighted by molar-refractivity contribution is 5.85. The van der Waals surface area contributed by atoms with E-state index < -0.39 is 5.97 Å². The maximum absolute atomic E-state index is 11.2. The van der Waals surface area contributed by atoms with E-state index in [2.05, 4.69) is 0 Å². The minimum Gasteiger partial charge on any atom is -0.475 e. The molecule has 1 saturated heterocycles. The number of piperidine rings is 1. The second kappa shape index (κ2) is 4.72. The summed E-state index contributed by atoms with van der Waals surface area (Å²) in [7, 11) is 0. The summed E-state index contributed by atoms with van der Waals surface area (Å²) in [5.41, 5.74) is 5.32. The molecule has 0 bridgehead atoms. The minimum absolute atomic E-state index is 0.0987. The first kappa shape index (κ1) is 12.5. The number of nitrogens with two attached hydrogens (primary N) is 1. The van der Waals surface area contributed by atoms with Gasteiger partial charge < -0.3 is 20.2 Å². The SMILES string of the molecule is CC1CCC(C(N)=O)CN1c1ccc(C(=O)O)o1. The molecule has 6 heteroatoms. The summed E-state index contributed by atoms with van der Waals surface area (Å²) in [6.45, 7) is 2.49. The molecule has 2 rings (SSSR count). The van der Waals surface area contributed by atoms with Crippen molar-refractivity contribution < 1.29 is 19.1 Å². The molecular weight excluding hydrogens is 236 g/mol. The number of carboxylic acids is 1. The third-order valence-electron chi connectivity index (χ3n) is 3.37. The quantitative estimate of drug-likeness (QED) is 0.838. The number of carbonyl (C=O) groups is 2. The lowest BCUT2D eigenvalue weighted by Gasteiger charge is -2.36. The fourth-order valence-electron chi connectivity index (χ4n) is 2.24. The molecule has 6 nitrogen and oxygen atoms in total. The summed E-state index contributed by atoms with van der Waals surface area (Å²) >= 11 is 0. The third-order valence-corrected chi connectivity index (χ3v) is 3.37. The van der Waals surface area contributed by atoms with Gasteiger partial charge in [-0.2, -0.15) is 0 Å². The first-order valence-electron chi connectivity index (χ1n) is 5.88. The van der Waals surface area contributed by atoms with Crippen molar-refractivity contribution in [2.45, 2.75) is 25.8 Å². The summed E-state index contributed by atoms with van der Waals surface area (Å²) in [5.74, 6) is -1.25. The zero-order valence-corrected chi connectivity index (χ0v) is 10.1. The standard InChI is InChI=1S/C12H16N2O4/c1-7-2-3-8(11(13)15)6-14(7)10-5-4-9(18-10)12(16)17/h4-5,7-8H,2-3,6H2,1H3,(H2,13,15)(H,16,17). The topological polar surface area (TPSA) is 96.8 Å². The molecule has 1 aromatic heterocycles. The molecule has 98 valence electrons. The summed E-state index contributed by atoms with van der Waals surface area (Å²) < 4.78 is 5.26. The molecule has 1 amide bonds. The van der Waals surface area contributed by atoms with Crippen LogP contribution < -0.4 is 10.6 Å². The number of carboxylic acid groups (broad SMARTS) is 1. The van der Waals surface area contributed by atoms with Gasteiger partial charge in [-0.25, -0.2) is 4.79 Å². The molecule has 0 spiro atoms. The highest BCUT2D eigenvalue weighted by Crippen LogP contribution is 2.29. The number of nitrogens with zero attached hydrogens (tertiary/aromatic N) is 1. The van der Waals surface area contributed by atoms with Crippen LogP contribution in [-0.4, -0.2) is 29.6 Å². The normalized spacial score (nSPS) is 23.9. The number of carbonyl (C=O) groups excluding carboxylic acids is 1. The zero-order chi connectivity index (χ0) is 13.3. The van der Waals surface area contributed by atoms with Gasteiger partial charge >= 0.3 is 5.97 Å². The lowest BCUT2D eigenvalue weighted by atomic mass is 9.93. The molecule has 1 fully saturated rings. The molecule has 1 aliphatic heterocycles. The second-order valence-corrected chi connectivity index (χ2v) is 4.62. The van der Waals surface area contributed by atoms with Crippen LogP contribution in [0.25, 0.3) is 0 Å². The Labute approximate surface area is 104 Å². The van der Waals surface area contributed by atoms with Crippen molar-refractivity contribution in [2.75, 3.05) is 11.4 Å². The van der Waals surface area contributed by atoms with Gasteiger partial charge in [-0.3, -0.25) is 4.79 Å². The van der Waals surface area contributed by atoms with E-state index in [0.29, 0.717) is 12.4 Å². The van der Waals surface area contributed by atoms with Gasteiger partial charge in [0, 0.05) is 18.7 Å². The number of aromatic carboxylic acids is 1. The molecule has 2 atom stereocenters. The van der Waals surface area contributed by atoms with Gasteiger partial charge in [-0.05, 0) is 25.8 Å². The lowest BCUT2D eigenvalue weighted by molar-refractivity contribution is -0.122. The fraction of sp³-hybridized carbons (Fsp3) is 0.500. The summed E-state index contributed by atoms with van der Waals surface area (Å²) in [4.78, 5) is 23.9. The zero-order valence-electron chi connectivity index (χ0n) is 10.1. The molecule has 0 radical (unpaired) electrons. The Morgan fingerprint density at radius 3 is 2.72 bits per heavy atom. The summed E-state index contributed by atoms with van der Waals surface area (Å²) in [5, 5.41) is 8.82. The Bertz CT molecular complexity index is 468. The second-order valence-electron chi connectivity index (χ2n) is 4.62. The van der Waals surface area contributed by atoms with E-state index >= 15 is 0 Å². The molecule has 3 N–H and O–H groups in total. The monoisotopic (exact) mass is 252 g/mol. The van der Waals surface area contributed by atoms with Crippen LogP contribution in [0, 0.1) is 5.92 Å². The van der Waals surface area contributed by atoms with Gasteiger partial charge in [0.15, 0.2) is 5.88 Å². The maximum atomic E-state index is 11.2. The highest BCUT2D eigenvalue weighted by Gasteiger charge is 2.30. The predicted octanol–water partition coefficient (Wildman–Crippen LogP) is 1.07. The molecule has 0 aliphatic carbocycles. The number of amides is 1. The highest BCUT2D eigenvalue weighted by atomic mass is 16.4. The van der Waals surface area contributed by atoms with Crippen molar-refractivity contribution >= 4 is 17.8 Å². The molecule has 0 aromatic carbocycles. The number of hydrogen-bond donors (Lipinski definition) is 2. The summed E-state index contributed by atoms with van der Waals surface area (Å²) in [6, 6.07) is 3.23. The Kier molecular flexibility index (Phi) is 3.27. The van der Waals surface area contributed by atoms with E-state index in [1.54, 1.807) is 6.07 Å². The van der Waals surface area contributed by atoms with Gasteiger partial charge in [0.05, 0.1) is 5.92 Å². The van der Waals surface area contributed by atoms with Crippen LogP contribution in [-0.2, 0) is 4.79 Å². The van der Waals surface area contributed by atoms with E-state index in [4.69, 9.17) is 15.3 Å². The number of primary amides is 1. The maximum Gasteiger partial charge on any atom is 0.371 e. The van der Waals surface area contributed by atoms with E-state index in [-0.39, 0.29) is 23.6 Å². The van der Waals surface area contributed by atoms with Crippen LogP contribution in [0.4, 0.5) is 5.88 Å². The van der Waals surface area contributed by atoms with Gasteiger partial charge in [-0.15, -0.1) is 0 Å². The Morgan fingerprint density at radius 1 is 1.44 bits per heavy atom. The number of hydrogen-bond acceptors (Lipinski definition) is 4. The molecule has 1 aromatic rings. The van der Waals surface area contributed by atoms with Crippen LogP contribution in [0.3, 0.4) is 0 Å². The van der Waals surface area contributed by atoms with Crippen molar-refractivity contribution in [3.05, 3.63) is 17.9 Å². The molecular formula is C12H16N2O4. The minimum atomic E-state index is -1.10. The van der Waals surface area contributed by atoms with Crippen molar-refractivity contribution in [2.24, 2.45) is 11.7 Å². The van der Waals surface area contributed by atoms with Crippen molar-refractivity contribution in [1.29, 1.82) is 0 Å². The van der Waals surface area contributed by atoms with E-state index in [1.807, 2.05) is 11.8 Å². The molecule has 1 aliphatic rings.